The smallest absolute Gasteiger partial charge is 0.285 e. The van der Waals surface area contributed by atoms with Crippen LogP contribution in [0.15, 0.2) is 41.5 Å². The zero-order valence-corrected chi connectivity index (χ0v) is 10.2. The average Bonchev–Trinajstić information content (AvgIpc) is 2.88. The maximum atomic E-state index is 12.1. The summed E-state index contributed by atoms with van der Waals surface area (Å²) in [5.41, 5.74) is 1.20. The maximum absolute atomic E-state index is 12.1. The van der Waals surface area contributed by atoms with E-state index in [1.54, 1.807) is 0 Å². The summed E-state index contributed by atoms with van der Waals surface area (Å²) in [5, 5.41) is 7.88. The third-order valence-corrected chi connectivity index (χ3v) is 2.70. The van der Waals surface area contributed by atoms with Crippen molar-refractivity contribution in [2.45, 2.75) is 6.73 Å². The van der Waals surface area contributed by atoms with E-state index in [1.165, 1.54) is 22.7 Å². The normalized spacial score (nSPS) is 11.0. The van der Waals surface area contributed by atoms with Crippen molar-refractivity contribution in [1.82, 2.24) is 24.5 Å². The van der Waals surface area contributed by atoms with Gasteiger partial charge in [0.2, 0.25) is 0 Å². The minimum absolute atomic E-state index is 0.139. The first-order valence-electron chi connectivity index (χ1n) is 5.66. The molecule has 0 amide bonds. The van der Waals surface area contributed by atoms with E-state index in [0.29, 0.717) is 5.65 Å². The predicted molar refractivity (Wildman–Crippen MR) is 67.9 cm³/mol. The van der Waals surface area contributed by atoms with Crippen LogP contribution in [0.4, 0.5) is 0 Å². The van der Waals surface area contributed by atoms with Gasteiger partial charge in [0.25, 0.3) is 5.56 Å². The lowest BCUT2D eigenvalue weighted by atomic mass is 10.3. The van der Waals surface area contributed by atoms with E-state index in [-0.39, 0.29) is 17.8 Å². The van der Waals surface area contributed by atoms with E-state index in [2.05, 4.69) is 15.3 Å². The highest BCUT2D eigenvalue weighted by Gasteiger charge is 2.12. The molecular formula is C12H11N5O2. The van der Waals surface area contributed by atoms with Crippen LogP contribution in [0.1, 0.15) is 0 Å². The number of para-hydroxylation sites is 1. The summed E-state index contributed by atoms with van der Waals surface area (Å²) in [6, 6.07) is 9.42. The lowest BCUT2D eigenvalue weighted by Gasteiger charge is -2.03. The zero-order valence-electron chi connectivity index (χ0n) is 10.2. The molecular weight excluding hydrogens is 246 g/mol. The molecule has 0 N–H and O–H groups in total. The molecule has 3 rings (SSSR count). The number of fused-ring (bicyclic) bond motifs is 1. The molecule has 0 saturated heterocycles. The average molecular weight is 257 g/mol. The standard InChI is InChI=1S/C12H11N5O2/c1-19-8-16-7-13-11-10(12(16)18)14-15-17(11)9-5-3-2-4-6-9/h2-7H,8H2,1H3. The van der Waals surface area contributed by atoms with Crippen LogP contribution in [-0.2, 0) is 11.5 Å². The molecule has 0 atom stereocenters. The molecule has 0 aliphatic rings. The molecule has 7 heteroatoms. The number of nitrogens with zero attached hydrogens (tertiary/aromatic N) is 5. The number of methoxy groups -OCH3 is 1. The third kappa shape index (κ3) is 1.89. The molecule has 7 nitrogen and oxygen atoms in total. The molecule has 0 radical (unpaired) electrons. The molecule has 3 aromatic rings. The van der Waals surface area contributed by atoms with Crippen LogP contribution in [0.2, 0.25) is 0 Å². The molecule has 0 saturated carbocycles. The van der Waals surface area contributed by atoms with Gasteiger partial charge in [-0.05, 0) is 12.1 Å². The fraction of sp³-hybridized carbons (Fsp3) is 0.167. The zero-order chi connectivity index (χ0) is 13.2. The SMILES string of the molecule is COCn1cnc2c(nnn2-c2ccccc2)c1=O. The Morgan fingerprint density at radius 3 is 2.79 bits per heavy atom. The quantitative estimate of drug-likeness (QED) is 0.686. The van der Waals surface area contributed by atoms with E-state index in [4.69, 9.17) is 4.74 Å². The summed E-state index contributed by atoms with van der Waals surface area (Å²) in [6.45, 7) is 0.139. The lowest BCUT2D eigenvalue weighted by molar-refractivity contribution is 0.127. The van der Waals surface area contributed by atoms with Crippen molar-refractivity contribution in [3.05, 3.63) is 47.0 Å². The fourth-order valence-electron chi connectivity index (χ4n) is 1.82. The molecule has 0 fully saturated rings. The fourth-order valence-corrected chi connectivity index (χ4v) is 1.82. The molecule has 1 aromatic carbocycles. The minimum atomic E-state index is -0.269. The second-order valence-corrected chi connectivity index (χ2v) is 3.95. The molecule has 2 heterocycles. The number of aromatic nitrogens is 5. The van der Waals surface area contributed by atoms with Gasteiger partial charge in [0.05, 0.1) is 5.69 Å². The highest BCUT2D eigenvalue weighted by Crippen LogP contribution is 2.10. The minimum Gasteiger partial charge on any atom is -0.364 e. The van der Waals surface area contributed by atoms with Crippen LogP contribution in [0.3, 0.4) is 0 Å². The Morgan fingerprint density at radius 1 is 1.26 bits per heavy atom. The van der Waals surface area contributed by atoms with Crippen molar-refractivity contribution in [3.8, 4) is 5.69 Å². The van der Waals surface area contributed by atoms with Crippen molar-refractivity contribution in [3.63, 3.8) is 0 Å². The highest BCUT2D eigenvalue weighted by molar-refractivity contribution is 5.70. The summed E-state index contributed by atoms with van der Waals surface area (Å²) in [4.78, 5) is 16.3. The molecule has 0 spiro atoms. The van der Waals surface area contributed by atoms with Gasteiger partial charge >= 0.3 is 0 Å². The second-order valence-electron chi connectivity index (χ2n) is 3.95. The van der Waals surface area contributed by atoms with Gasteiger partial charge in [0.1, 0.15) is 13.1 Å². The van der Waals surface area contributed by atoms with Crippen molar-refractivity contribution in [2.24, 2.45) is 0 Å². The maximum Gasteiger partial charge on any atom is 0.285 e. The number of hydrogen-bond acceptors (Lipinski definition) is 5. The second kappa shape index (κ2) is 4.62. The Kier molecular flexibility index (Phi) is 2.81. The first kappa shape index (κ1) is 11.5. The van der Waals surface area contributed by atoms with Crippen molar-refractivity contribution >= 4 is 11.2 Å². The van der Waals surface area contributed by atoms with E-state index in [1.807, 2.05) is 30.3 Å². The van der Waals surface area contributed by atoms with Crippen LogP contribution in [-0.4, -0.2) is 31.7 Å². The van der Waals surface area contributed by atoms with Crippen LogP contribution in [0, 0.1) is 0 Å². The van der Waals surface area contributed by atoms with Crippen molar-refractivity contribution in [1.29, 1.82) is 0 Å². The predicted octanol–water partition coefficient (Wildman–Crippen LogP) is 0.581. The van der Waals surface area contributed by atoms with E-state index >= 15 is 0 Å². The van der Waals surface area contributed by atoms with Gasteiger partial charge in [-0.15, -0.1) is 5.10 Å². The first-order valence-corrected chi connectivity index (χ1v) is 5.66. The van der Waals surface area contributed by atoms with Crippen molar-refractivity contribution in [2.75, 3.05) is 7.11 Å². The van der Waals surface area contributed by atoms with Gasteiger partial charge in [0, 0.05) is 7.11 Å². The lowest BCUT2D eigenvalue weighted by Crippen LogP contribution is -2.21. The number of ether oxygens (including phenoxy) is 1. The summed E-state index contributed by atoms with van der Waals surface area (Å²) in [7, 11) is 1.51. The van der Waals surface area contributed by atoms with Gasteiger partial charge < -0.3 is 4.74 Å². The topological polar surface area (TPSA) is 74.8 Å². The number of hydrogen-bond donors (Lipinski definition) is 0. The summed E-state index contributed by atoms with van der Waals surface area (Å²) in [5.74, 6) is 0. The first-order chi connectivity index (χ1) is 9.31. The van der Waals surface area contributed by atoms with Crippen LogP contribution < -0.4 is 5.56 Å². The Hall–Kier alpha value is -2.54. The summed E-state index contributed by atoms with van der Waals surface area (Å²) >= 11 is 0. The van der Waals surface area contributed by atoms with E-state index < -0.39 is 0 Å². The van der Waals surface area contributed by atoms with Gasteiger partial charge in [-0.3, -0.25) is 9.36 Å². The Morgan fingerprint density at radius 2 is 2.05 bits per heavy atom. The Labute approximate surface area is 108 Å². The summed E-state index contributed by atoms with van der Waals surface area (Å²) in [6.07, 6.45) is 1.43. The third-order valence-electron chi connectivity index (χ3n) is 2.70. The highest BCUT2D eigenvalue weighted by atomic mass is 16.5. The molecule has 0 aliphatic heterocycles. The van der Waals surface area contributed by atoms with Gasteiger partial charge in [0.15, 0.2) is 11.2 Å². The van der Waals surface area contributed by atoms with E-state index in [9.17, 15) is 4.79 Å². The Balaban J connectivity index is 2.21. The largest absolute Gasteiger partial charge is 0.364 e. The van der Waals surface area contributed by atoms with Gasteiger partial charge in [-0.25, -0.2) is 4.98 Å². The van der Waals surface area contributed by atoms with Crippen LogP contribution >= 0.6 is 0 Å². The summed E-state index contributed by atoms with van der Waals surface area (Å²) < 4.78 is 7.79. The Bertz CT molecular complexity index is 763. The molecule has 2 aromatic heterocycles. The van der Waals surface area contributed by atoms with Gasteiger partial charge in [-0.1, -0.05) is 23.4 Å². The number of benzene rings is 1. The van der Waals surface area contributed by atoms with Gasteiger partial charge in [-0.2, -0.15) is 4.68 Å². The molecule has 0 aliphatic carbocycles. The molecule has 0 unspecified atom stereocenters. The molecule has 96 valence electrons. The van der Waals surface area contributed by atoms with E-state index in [0.717, 1.165) is 5.69 Å². The number of rotatable bonds is 3. The monoisotopic (exact) mass is 257 g/mol. The van der Waals surface area contributed by atoms with Crippen LogP contribution in [0.25, 0.3) is 16.9 Å². The van der Waals surface area contributed by atoms with Crippen LogP contribution in [0.5, 0.6) is 0 Å². The van der Waals surface area contributed by atoms with Crippen molar-refractivity contribution < 1.29 is 4.74 Å². The molecule has 0 bridgehead atoms. The molecule has 19 heavy (non-hydrogen) atoms.